The molecule has 3 rings (SSSR count). The van der Waals surface area contributed by atoms with Crippen molar-refractivity contribution in [3.8, 4) is 0 Å². The van der Waals surface area contributed by atoms with Crippen molar-refractivity contribution >= 4 is 70.3 Å². The molecular formula is C33H32N6O9. The monoisotopic (exact) mass is 656 g/mol. The SMILES string of the molecule is CCC(CC(=O)ONc1cccc(N=C=O)c1C)(CC(=O)ONc1cccc(N=C=O)c1C)CC(=O)ONc1cccc(N=C=O)c1C. The van der Waals surface area contributed by atoms with Gasteiger partial charge in [-0.15, -0.1) is 0 Å². The van der Waals surface area contributed by atoms with Crippen LogP contribution in [0.2, 0.25) is 0 Å². The Labute approximate surface area is 275 Å². The molecule has 0 heterocycles. The molecule has 0 aromatic heterocycles. The first-order valence-electron chi connectivity index (χ1n) is 14.5. The van der Waals surface area contributed by atoms with Gasteiger partial charge in [-0.2, -0.15) is 15.0 Å². The summed E-state index contributed by atoms with van der Waals surface area (Å²) in [7, 11) is 0. The van der Waals surface area contributed by atoms with Gasteiger partial charge in [0.2, 0.25) is 18.2 Å². The molecule has 15 nitrogen and oxygen atoms in total. The third-order valence-electron chi connectivity index (χ3n) is 7.55. The first-order valence-corrected chi connectivity index (χ1v) is 14.5. The van der Waals surface area contributed by atoms with Gasteiger partial charge in [0.25, 0.3) is 0 Å². The highest BCUT2D eigenvalue weighted by Gasteiger charge is 2.38. The van der Waals surface area contributed by atoms with Gasteiger partial charge < -0.3 is 14.5 Å². The minimum atomic E-state index is -1.34. The predicted molar refractivity (Wildman–Crippen MR) is 173 cm³/mol. The van der Waals surface area contributed by atoms with E-state index in [1.807, 2.05) is 0 Å². The summed E-state index contributed by atoms with van der Waals surface area (Å²) in [4.78, 5) is 98.2. The molecule has 0 bridgehead atoms. The highest BCUT2D eigenvalue weighted by Crippen LogP contribution is 2.37. The molecule has 15 heteroatoms. The maximum absolute atomic E-state index is 13.1. The first-order chi connectivity index (χ1) is 23.1. The van der Waals surface area contributed by atoms with Crippen LogP contribution in [0.4, 0.5) is 34.1 Å². The summed E-state index contributed by atoms with van der Waals surface area (Å²) in [6, 6.07) is 14.3. The summed E-state index contributed by atoms with van der Waals surface area (Å²) in [6.07, 6.45) is 3.25. The Kier molecular flexibility index (Phi) is 13.0. The van der Waals surface area contributed by atoms with Gasteiger partial charge in [0.05, 0.1) is 53.4 Å². The Morgan fingerprint density at radius 3 is 1.12 bits per heavy atom. The lowest BCUT2D eigenvalue weighted by Crippen LogP contribution is -2.33. The maximum atomic E-state index is 13.1. The molecule has 0 amide bonds. The average Bonchev–Trinajstić information content (AvgIpc) is 3.06. The Bertz CT molecular complexity index is 1620. The van der Waals surface area contributed by atoms with E-state index in [1.165, 1.54) is 18.2 Å². The van der Waals surface area contributed by atoms with Crippen LogP contribution in [0, 0.1) is 26.2 Å². The highest BCUT2D eigenvalue weighted by atomic mass is 16.7. The van der Waals surface area contributed by atoms with Crippen LogP contribution >= 0.6 is 0 Å². The smallest absolute Gasteiger partial charge is 0.332 e. The number of aliphatic imine (C=N–C) groups is 3. The molecule has 48 heavy (non-hydrogen) atoms. The normalized spacial score (nSPS) is 11.2. The topological polar surface area (TPSA) is 203 Å². The lowest BCUT2D eigenvalue weighted by atomic mass is 9.76. The molecule has 0 spiro atoms. The molecule has 3 aromatic rings. The average molecular weight is 657 g/mol. The zero-order valence-electron chi connectivity index (χ0n) is 26.5. The number of nitrogens with zero attached hydrogens (tertiary/aromatic N) is 3. The van der Waals surface area contributed by atoms with Gasteiger partial charge in [-0.25, -0.2) is 45.2 Å². The van der Waals surface area contributed by atoms with Crippen molar-refractivity contribution in [3.63, 3.8) is 0 Å². The number of carbonyl (C=O) groups excluding carboxylic acids is 6. The van der Waals surface area contributed by atoms with Crippen LogP contribution in [0.3, 0.4) is 0 Å². The van der Waals surface area contributed by atoms with Crippen molar-refractivity contribution in [2.24, 2.45) is 20.4 Å². The summed E-state index contributed by atoms with van der Waals surface area (Å²) in [6.45, 7) is 6.64. The molecule has 3 aromatic carbocycles. The van der Waals surface area contributed by atoms with Crippen molar-refractivity contribution in [3.05, 3.63) is 71.3 Å². The van der Waals surface area contributed by atoms with Crippen molar-refractivity contribution in [2.45, 2.75) is 53.4 Å². The number of hydrogen-bond acceptors (Lipinski definition) is 15. The number of isocyanates is 3. The summed E-state index contributed by atoms with van der Waals surface area (Å²) in [5.74, 6) is -2.44. The first kappa shape index (κ1) is 36.1. The molecule has 0 fully saturated rings. The second kappa shape index (κ2) is 17.3. The molecule has 0 unspecified atom stereocenters. The van der Waals surface area contributed by atoms with E-state index in [-0.39, 0.29) is 6.42 Å². The minimum Gasteiger partial charge on any atom is -0.343 e. The van der Waals surface area contributed by atoms with Crippen LogP contribution < -0.4 is 16.4 Å². The van der Waals surface area contributed by atoms with Crippen LogP contribution in [-0.4, -0.2) is 36.1 Å². The summed E-state index contributed by atoms with van der Waals surface area (Å²) in [5.41, 5.74) is 9.79. The van der Waals surface area contributed by atoms with Crippen molar-refractivity contribution < 1.29 is 43.3 Å². The number of anilines is 3. The fourth-order valence-corrected chi connectivity index (χ4v) is 4.64. The fraction of sp³-hybridized carbons (Fsp3) is 0.273. The van der Waals surface area contributed by atoms with Crippen LogP contribution in [-0.2, 0) is 43.3 Å². The number of carbonyl (C=O) groups is 3. The summed E-state index contributed by atoms with van der Waals surface area (Å²) in [5, 5.41) is 0. The van der Waals surface area contributed by atoms with Gasteiger partial charge >= 0.3 is 17.9 Å². The van der Waals surface area contributed by atoms with Gasteiger partial charge in [0.1, 0.15) is 0 Å². The number of rotatable bonds is 16. The molecule has 0 radical (unpaired) electrons. The second-order valence-corrected chi connectivity index (χ2v) is 10.6. The quantitative estimate of drug-likeness (QED) is 0.0693. The Balaban J connectivity index is 1.79. The molecular weight excluding hydrogens is 624 g/mol. The van der Waals surface area contributed by atoms with Gasteiger partial charge in [0.15, 0.2) is 0 Å². The summed E-state index contributed by atoms with van der Waals surface area (Å²) < 4.78 is 0. The van der Waals surface area contributed by atoms with Crippen molar-refractivity contribution in [2.75, 3.05) is 16.4 Å². The molecule has 0 aliphatic heterocycles. The van der Waals surface area contributed by atoms with Crippen molar-refractivity contribution in [1.82, 2.24) is 0 Å². The zero-order valence-corrected chi connectivity index (χ0v) is 26.5. The van der Waals surface area contributed by atoms with E-state index in [0.717, 1.165) is 0 Å². The van der Waals surface area contributed by atoms with E-state index in [4.69, 9.17) is 14.5 Å². The minimum absolute atomic E-state index is 0.139. The number of benzene rings is 3. The highest BCUT2D eigenvalue weighted by molar-refractivity contribution is 5.79. The predicted octanol–water partition coefficient (Wildman–Crippen LogP) is 6.09. The molecule has 0 atom stereocenters. The standard InChI is InChI=1S/C33H32N6O9/c1-5-33(15-30(43)46-37-27-12-6-9-24(21(27)2)34-18-40,16-31(44)47-38-28-13-7-10-25(22(28)3)35-19-41)17-32(45)48-39-29-14-8-11-26(23(29)4)36-20-42/h6-14,37-39H,5,15-17H2,1-4H3. The van der Waals surface area contributed by atoms with Gasteiger partial charge in [-0.05, 0) is 63.6 Å². The van der Waals surface area contributed by atoms with E-state index in [0.29, 0.717) is 50.8 Å². The fourth-order valence-electron chi connectivity index (χ4n) is 4.64. The van der Waals surface area contributed by atoms with Crippen LogP contribution in [0.5, 0.6) is 0 Å². The maximum Gasteiger partial charge on any atom is 0.332 e. The lowest BCUT2D eigenvalue weighted by Gasteiger charge is -2.30. The van der Waals surface area contributed by atoms with E-state index in [9.17, 15) is 28.8 Å². The van der Waals surface area contributed by atoms with Crippen LogP contribution in [0.25, 0.3) is 0 Å². The largest absolute Gasteiger partial charge is 0.343 e. The van der Waals surface area contributed by atoms with E-state index in [1.54, 1.807) is 82.3 Å². The molecule has 248 valence electrons. The van der Waals surface area contributed by atoms with Crippen LogP contribution in [0.15, 0.2) is 69.6 Å². The Morgan fingerprint density at radius 1 is 0.583 bits per heavy atom. The molecule has 0 aliphatic carbocycles. The third-order valence-corrected chi connectivity index (χ3v) is 7.55. The van der Waals surface area contributed by atoms with Crippen molar-refractivity contribution in [1.29, 1.82) is 0 Å². The third kappa shape index (κ3) is 9.80. The zero-order chi connectivity index (χ0) is 35.1. The lowest BCUT2D eigenvalue weighted by molar-refractivity contribution is -0.151. The Morgan fingerprint density at radius 2 is 0.875 bits per heavy atom. The second-order valence-electron chi connectivity index (χ2n) is 10.6. The van der Waals surface area contributed by atoms with Gasteiger partial charge in [-0.3, -0.25) is 0 Å². The summed E-state index contributed by atoms with van der Waals surface area (Å²) >= 11 is 0. The van der Waals surface area contributed by atoms with E-state index >= 15 is 0 Å². The van der Waals surface area contributed by atoms with Crippen LogP contribution in [0.1, 0.15) is 49.3 Å². The number of hydrogen-bond donors (Lipinski definition) is 3. The molecule has 0 aliphatic rings. The van der Waals surface area contributed by atoms with E-state index < -0.39 is 42.6 Å². The van der Waals surface area contributed by atoms with E-state index in [2.05, 4.69) is 31.4 Å². The molecule has 0 saturated heterocycles. The van der Waals surface area contributed by atoms with Gasteiger partial charge in [0, 0.05) is 22.1 Å². The number of nitrogens with one attached hydrogen (secondary N) is 3. The molecule has 0 saturated carbocycles. The van der Waals surface area contributed by atoms with Gasteiger partial charge in [-0.1, -0.05) is 25.1 Å². The molecule has 3 N–H and O–H groups in total. The Hall–Kier alpha value is -6.39.